The summed E-state index contributed by atoms with van der Waals surface area (Å²) in [4.78, 5) is 32.0. The van der Waals surface area contributed by atoms with Crippen molar-refractivity contribution in [2.45, 2.75) is 59.1 Å². The predicted octanol–water partition coefficient (Wildman–Crippen LogP) is 4.44. The first kappa shape index (κ1) is 27.4. The van der Waals surface area contributed by atoms with Gasteiger partial charge in [-0.05, 0) is 64.3 Å². The Morgan fingerprint density at radius 2 is 1.86 bits per heavy atom. The summed E-state index contributed by atoms with van der Waals surface area (Å²) in [6.45, 7) is 11.5. The van der Waals surface area contributed by atoms with Gasteiger partial charge in [-0.2, -0.15) is 10.2 Å². The molecule has 1 aromatic carbocycles. The Kier molecular flexibility index (Phi) is 9.00. The fourth-order valence-electron chi connectivity index (χ4n) is 3.42. The summed E-state index contributed by atoms with van der Waals surface area (Å²) in [5, 5.41) is 15.0. The van der Waals surface area contributed by atoms with Gasteiger partial charge in [0.2, 0.25) is 0 Å². The summed E-state index contributed by atoms with van der Waals surface area (Å²) >= 11 is 0. The Morgan fingerprint density at radius 3 is 2.46 bits per heavy atom. The van der Waals surface area contributed by atoms with E-state index in [9.17, 15) is 14.9 Å². The molecule has 0 aliphatic rings. The Bertz CT molecular complexity index is 1090. The van der Waals surface area contributed by atoms with Crippen LogP contribution in [0.5, 0.6) is 11.8 Å². The molecule has 0 bridgehead atoms. The summed E-state index contributed by atoms with van der Waals surface area (Å²) in [6.07, 6.45) is 0.879. The molecule has 2 amide bonds. The second kappa shape index (κ2) is 11.5. The van der Waals surface area contributed by atoms with E-state index in [2.05, 4.69) is 26.7 Å². The van der Waals surface area contributed by atoms with Gasteiger partial charge in [-0.1, -0.05) is 13.8 Å². The number of nitriles is 1. The topological polar surface area (TPSA) is 135 Å². The van der Waals surface area contributed by atoms with Crippen LogP contribution in [0.1, 0.15) is 53.5 Å². The second-order valence-corrected chi connectivity index (χ2v) is 9.76. The number of alkyl carbamates (subject to hydrolysis) is 1. The molecule has 0 aliphatic heterocycles. The van der Waals surface area contributed by atoms with E-state index in [-0.39, 0.29) is 18.5 Å². The number of amides is 2. The van der Waals surface area contributed by atoms with Gasteiger partial charge in [0.1, 0.15) is 24.0 Å². The lowest BCUT2D eigenvalue weighted by Crippen LogP contribution is -2.52. The maximum atomic E-state index is 12.4. The van der Waals surface area contributed by atoms with Crippen LogP contribution in [-0.4, -0.2) is 46.9 Å². The maximum absolute atomic E-state index is 12.4. The maximum Gasteiger partial charge on any atom is 0.414 e. The smallest absolute Gasteiger partial charge is 0.414 e. The molecule has 2 rings (SSSR count). The van der Waals surface area contributed by atoms with Crippen molar-refractivity contribution in [3.05, 3.63) is 36.0 Å². The minimum atomic E-state index is -0.722. The zero-order valence-corrected chi connectivity index (χ0v) is 21.3. The summed E-state index contributed by atoms with van der Waals surface area (Å²) < 4.78 is 16.4. The van der Waals surface area contributed by atoms with Crippen molar-refractivity contribution in [3.8, 4) is 29.1 Å². The van der Waals surface area contributed by atoms with Crippen LogP contribution < -0.4 is 20.1 Å². The Labute approximate surface area is 206 Å². The minimum Gasteiger partial charge on any atom is -0.490 e. The van der Waals surface area contributed by atoms with Gasteiger partial charge in [-0.15, -0.1) is 0 Å². The molecule has 0 spiro atoms. The lowest BCUT2D eigenvalue weighted by Gasteiger charge is -2.33. The van der Waals surface area contributed by atoms with E-state index in [1.165, 1.54) is 13.2 Å². The number of nitrogens with zero attached hydrogens (tertiary/aromatic N) is 3. The van der Waals surface area contributed by atoms with Crippen LogP contribution in [0.4, 0.5) is 9.59 Å². The molecule has 1 heterocycles. The summed E-state index contributed by atoms with van der Waals surface area (Å²) in [5.74, 6) is 0.647. The molecular formula is C25H33N5O5. The third kappa shape index (κ3) is 8.77. The molecule has 0 saturated carbocycles. The van der Waals surface area contributed by atoms with Crippen molar-refractivity contribution >= 4 is 12.2 Å². The van der Waals surface area contributed by atoms with Crippen molar-refractivity contribution in [1.82, 2.24) is 20.6 Å². The number of carbonyl (C=O) groups excluding carboxylic acids is 2. The van der Waals surface area contributed by atoms with Crippen LogP contribution in [0.15, 0.2) is 30.5 Å². The van der Waals surface area contributed by atoms with Crippen molar-refractivity contribution in [2.24, 2.45) is 5.92 Å². The molecular weight excluding hydrogens is 450 g/mol. The SMILES string of the molecule is CNC(=O)Oc1nccc(-c2ccc(OC[C@](C)(CC(C)C)NC(=O)OC(C)(C)C)c(C#N)c2)n1. The van der Waals surface area contributed by atoms with Crippen LogP contribution in [0.25, 0.3) is 11.3 Å². The molecule has 2 N–H and O–H groups in total. The molecule has 1 atom stereocenters. The zero-order chi connectivity index (χ0) is 26.2. The number of carbonyl (C=O) groups is 2. The molecule has 0 radical (unpaired) electrons. The van der Waals surface area contributed by atoms with Gasteiger partial charge in [0.05, 0.1) is 16.8 Å². The number of aromatic nitrogens is 2. The molecule has 0 saturated heterocycles. The fourth-order valence-corrected chi connectivity index (χ4v) is 3.42. The van der Waals surface area contributed by atoms with Crippen LogP contribution in [0.2, 0.25) is 0 Å². The largest absolute Gasteiger partial charge is 0.490 e. The van der Waals surface area contributed by atoms with Gasteiger partial charge in [0.15, 0.2) is 0 Å². The van der Waals surface area contributed by atoms with Crippen molar-refractivity contribution in [2.75, 3.05) is 13.7 Å². The normalized spacial score (nSPS) is 12.8. The lowest BCUT2D eigenvalue weighted by molar-refractivity contribution is 0.0408. The molecule has 10 nitrogen and oxygen atoms in total. The Balaban J connectivity index is 2.22. The quantitative estimate of drug-likeness (QED) is 0.562. The first-order valence-electron chi connectivity index (χ1n) is 11.3. The number of ether oxygens (including phenoxy) is 3. The highest BCUT2D eigenvalue weighted by Crippen LogP contribution is 2.28. The van der Waals surface area contributed by atoms with E-state index >= 15 is 0 Å². The minimum absolute atomic E-state index is 0.113. The third-order valence-electron chi connectivity index (χ3n) is 4.63. The van der Waals surface area contributed by atoms with Gasteiger partial charge >= 0.3 is 18.2 Å². The van der Waals surface area contributed by atoms with Gasteiger partial charge < -0.3 is 24.8 Å². The van der Waals surface area contributed by atoms with E-state index in [0.29, 0.717) is 29.0 Å². The highest BCUT2D eigenvalue weighted by molar-refractivity contribution is 5.70. The number of hydrogen-bond acceptors (Lipinski definition) is 8. The van der Waals surface area contributed by atoms with Gasteiger partial charge in [0, 0.05) is 18.8 Å². The summed E-state index contributed by atoms with van der Waals surface area (Å²) in [5.41, 5.74) is 0.0347. The highest BCUT2D eigenvalue weighted by Gasteiger charge is 2.31. The summed E-state index contributed by atoms with van der Waals surface area (Å²) in [7, 11) is 1.43. The van der Waals surface area contributed by atoms with Crippen LogP contribution in [-0.2, 0) is 4.74 Å². The Hall–Kier alpha value is -3.87. The van der Waals surface area contributed by atoms with Crippen molar-refractivity contribution in [1.29, 1.82) is 5.26 Å². The first-order valence-corrected chi connectivity index (χ1v) is 11.3. The van der Waals surface area contributed by atoms with Crippen LogP contribution in [0.3, 0.4) is 0 Å². The standard InChI is InChI=1S/C25H33N5O5/c1-16(2)13-25(6,30-23(32)35-24(3,4)5)15-33-20-9-8-17(12-18(20)14-26)19-10-11-28-21(29-19)34-22(31)27-7/h8-12,16H,13,15H2,1-7H3,(H,27,31)(H,30,32)/t25-/m0/s1. The fraction of sp³-hybridized carbons (Fsp3) is 0.480. The first-order chi connectivity index (χ1) is 16.3. The van der Waals surface area contributed by atoms with E-state index < -0.39 is 23.3 Å². The molecule has 35 heavy (non-hydrogen) atoms. The molecule has 188 valence electrons. The number of rotatable bonds is 8. The van der Waals surface area contributed by atoms with Gasteiger partial charge in [0.25, 0.3) is 0 Å². The molecule has 0 aliphatic carbocycles. The zero-order valence-electron chi connectivity index (χ0n) is 21.3. The molecule has 0 fully saturated rings. The molecule has 2 aromatic rings. The van der Waals surface area contributed by atoms with E-state index in [1.54, 1.807) is 45.0 Å². The van der Waals surface area contributed by atoms with E-state index in [4.69, 9.17) is 14.2 Å². The highest BCUT2D eigenvalue weighted by atomic mass is 16.6. The van der Waals surface area contributed by atoms with Crippen molar-refractivity contribution < 1.29 is 23.8 Å². The van der Waals surface area contributed by atoms with Crippen LogP contribution >= 0.6 is 0 Å². The molecule has 0 unspecified atom stereocenters. The average Bonchev–Trinajstić information content (AvgIpc) is 2.75. The third-order valence-corrected chi connectivity index (χ3v) is 4.63. The second-order valence-electron chi connectivity index (χ2n) is 9.76. The van der Waals surface area contributed by atoms with Gasteiger partial charge in [-0.25, -0.2) is 14.6 Å². The summed E-state index contributed by atoms with van der Waals surface area (Å²) in [6, 6.07) is 8.69. The lowest BCUT2D eigenvalue weighted by atomic mass is 9.91. The average molecular weight is 484 g/mol. The van der Waals surface area contributed by atoms with Crippen LogP contribution in [0, 0.1) is 17.2 Å². The molecule has 10 heteroatoms. The molecule has 1 aromatic heterocycles. The monoisotopic (exact) mass is 483 g/mol. The van der Waals surface area contributed by atoms with Gasteiger partial charge in [-0.3, -0.25) is 0 Å². The van der Waals surface area contributed by atoms with Crippen molar-refractivity contribution in [3.63, 3.8) is 0 Å². The van der Waals surface area contributed by atoms with E-state index in [0.717, 1.165) is 0 Å². The van der Waals surface area contributed by atoms with E-state index in [1.807, 2.05) is 20.8 Å². The number of nitrogens with one attached hydrogen (secondary N) is 2. The predicted molar refractivity (Wildman–Crippen MR) is 130 cm³/mol. The number of hydrogen-bond donors (Lipinski definition) is 2. The Morgan fingerprint density at radius 1 is 1.14 bits per heavy atom. The number of benzene rings is 1.